The van der Waals surface area contributed by atoms with Crippen molar-refractivity contribution in [2.24, 2.45) is 5.92 Å². The molecule has 0 aliphatic carbocycles. The molecule has 9 nitrogen and oxygen atoms in total. The number of fused-ring (bicyclic) bond motifs is 4. The summed E-state index contributed by atoms with van der Waals surface area (Å²) in [5.74, 6) is 1.03. The number of nitrogens with zero attached hydrogens (tertiary/aromatic N) is 3. The van der Waals surface area contributed by atoms with E-state index in [9.17, 15) is 9.59 Å². The number of hydrogen-bond donors (Lipinski definition) is 3. The van der Waals surface area contributed by atoms with Crippen LogP contribution in [-0.2, 0) is 9.53 Å². The second-order valence-corrected chi connectivity index (χ2v) is 9.56. The van der Waals surface area contributed by atoms with E-state index in [4.69, 9.17) is 4.74 Å². The molecule has 4 fully saturated rings. The normalized spacial score (nSPS) is 35.8. The zero-order chi connectivity index (χ0) is 20.9. The highest BCUT2D eigenvalue weighted by atomic mass is 16.5. The van der Waals surface area contributed by atoms with Gasteiger partial charge in [0.15, 0.2) is 0 Å². The first-order valence-corrected chi connectivity index (χ1v) is 11.2. The van der Waals surface area contributed by atoms with Crippen LogP contribution in [0.25, 0.3) is 0 Å². The van der Waals surface area contributed by atoms with Crippen molar-refractivity contribution in [2.75, 3.05) is 18.5 Å². The van der Waals surface area contributed by atoms with Gasteiger partial charge in [0.1, 0.15) is 12.0 Å². The Morgan fingerprint density at radius 3 is 2.83 bits per heavy atom. The maximum atomic E-state index is 12.8. The summed E-state index contributed by atoms with van der Waals surface area (Å²) >= 11 is 0. The van der Waals surface area contributed by atoms with Crippen LogP contribution in [0, 0.1) is 5.92 Å². The Kier molecular flexibility index (Phi) is 4.97. The zero-order valence-electron chi connectivity index (χ0n) is 17.8. The molecule has 4 aliphatic rings. The molecule has 1 aromatic rings. The Balaban J connectivity index is 1.28. The van der Waals surface area contributed by atoms with Gasteiger partial charge >= 0.3 is 6.03 Å². The number of anilines is 1. The Bertz CT molecular complexity index is 809. The molecule has 2 unspecified atom stereocenters. The summed E-state index contributed by atoms with van der Waals surface area (Å²) in [6, 6.07) is 2.53. The molecule has 5 heterocycles. The molecule has 164 valence electrons. The number of ether oxygens (including phenoxy) is 1. The number of amides is 3. The lowest BCUT2D eigenvalue weighted by atomic mass is 9.69. The second-order valence-electron chi connectivity index (χ2n) is 9.56. The average molecular weight is 417 g/mol. The molecule has 5 rings (SSSR count). The second kappa shape index (κ2) is 7.53. The van der Waals surface area contributed by atoms with Gasteiger partial charge in [0.25, 0.3) is 0 Å². The molecule has 9 heteroatoms. The molecule has 4 aliphatic heterocycles. The molecule has 3 N–H and O–H groups in total. The molecular formula is C21H32N6O3. The van der Waals surface area contributed by atoms with Crippen LogP contribution in [0.5, 0.6) is 0 Å². The van der Waals surface area contributed by atoms with E-state index in [1.807, 2.05) is 24.6 Å². The van der Waals surface area contributed by atoms with E-state index in [0.717, 1.165) is 44.3 Å². The largest absolute Gasteiger partial charge is 0.358 e. The lowest BCUT2D eigenvalue weighted by Crippen LogP contribution is -2.73. The molecule has 4 atom stereocenters. The van der Waals surface area contributed by atoms with E-state index in [0.29, 0.717) is 31.2 Å². The van der Waals surface area contributed by atoms with Crippen molar-refractivity contribution < 1.29 is 14.3 Å². The van der Waals surface area contributed by atoms with Crippen LogP contribution in [-0.4, -0.2) is 63.6 Å². The van der Waals surface area contributed by atoms with Gasteiger partial charge in [-0.1, -0.05) is 0 Å². The molecule has 1 spiro atoms. The third-order valence-electron chi connectivity index (χ3n) is 7.39. The van der Waals surface area contributed by atoms with Crippen molar-refractivity contribution in [1.29, 1.82) is 0 Å². The summed E-state index contributed by atoms with van der Waals surface area (Å²) in [5.41, 5.74) is -0.220. The number of aromatic nitrogens is 2. The van der Waals surface area contributed by atoms with Gasteiger partial charge in [0.05, 0.1) is 18.3 Å². The number of carbonyl (C=O) groups is 2. The van der Waals surface area contributed by atoms with Crippen molar-refractivity contribution in [1.82, 2.24) is 25.3 Å². The third-order valence-corrected chi connectivity index (χ3v) is 7.39. The molecule has 0 saturated carbocycles. The minimum atomic E-state index is -0.220. The number of hydrogen-bond acceptors (Lipinski definition) is 5. The van der Waals surface area contributed by atoms with Crippen LogP contribution in [0.4, 0.5) is 10.6 Å². The summed E-state index contributed by atoms with van der Waals surface area (Å²) in [5, 5.41) is 13.6. The molecule has 1 aromatic heterocycles. The minimum absolute atomic E-state index is 0.00141. The maximum absolute atomic E-state index is 12.8. The number of piperidine rings is 1. The van der Waals surface area contributed by atoms with Gasteiger partial charge in [-0.25, -0.2) is 9.48 Å². The van der Waals surface area contributed by atoms with Gasteiger partial charge in [-0.2, -0.15) is 5.10 Å². The van der Waals surface area contributed by atoms with E-state index in [1.54, 1.807) is 6.20 Å². The minimum Gasteiger partial charge on any atom is -0.358 e. The number of nitrogens with one attached hydrogen (secondary N) is 3. The molecule has 3 amide bonds. The predicted octanol–water partition coefficient (Wildman–Crippen LogP) is 1.83. The van der Waals surface area contributed by atoms with Crippen molar-refractivity contribution >= 4 is 17.8 Å². The van der Waals surface area contributed by atoms with Crippen LogP contribution in [0.15, 0.2) is 12.3 Å². The van der Waals surface area contributed by atoms with Crippen LogP contribution in [0.1, 0.15) is 58.4 Å². The van der Waals surface area contributed by atoms with E-state index in [1.165, 1.54) is 0 Å². The quantitative estimate of drug-likeness (QED) is 0.695. The Morgan fingerprint density at radius 1 is 1.33 bits per heavy atom. The summed E-state index contributed by atoms with van der Waals surface area (Å²) in [7, 11) is 0. The van der Waals surface area contributed by atoms with Crippen LogP contribution in [0.2, 0.25) is 0 Å². The first-order chi connectivity index (χ1) is 14.4. The maximum Gasteiger partial charge on any atom is 0.317 e. The van der Waals surface area contributed by atoms with Gasteiger partial charge < -0.3 is 20.7 Å². The molecule has 0 radical (unpaired) electrons. The van der Waals surface area contributed by atoms with E-state index < -0.39 is 0 Å². The lowest BCUT2D eigenvalue weighted by molar-refractivity contribution is -0.122. The zero-order valence-corrected chi connectivity index (χ0v) is 17.8. The van der Waals surface area contributed by atoms with Crippen LogP contribution >= 0.6 is 0 Å². The van der Waals surface area contributed by atoms with Crippen molar-refractivity contribution in [3.63, 3.8) is 0 Å². The molecular weight excluding hydrogens is 384 g/mol. The fraction of sp³-hybridized carbons (Fsp3) is 0.762. The third kappa shape index (κ3) is 3.37. The Morgan fingerprint density at radius 2 is 2.10 bits per heavy atom. The van der Waals surface area contributed by atoms with Crippen molar-refractivity contribution in [3.05, 3.63) is 12.3 Å². The van der Waals surface area contributed by atoms with Gasteiger partial charge in [0.2, 0.25) is 5.91 Å². The van der Waals surface area contributed by atoms with E-state index in [2.05, 4.69) is 25.9 Å². The number of urea groups is 1. The highest BCUT2D eigenvalue weighted by Crippen LogP contribution is 2.47. The van der Waals surface area contributed by atoms with Crippen molar-refractivity contribution in [2.45, 2.75) is 82.3 Å². The fourth-order valence-corrected chi connectivity index (χ4v) is 6.19. The summed E-state index contributed by atoms with van der Waals surface area (Å²) in [6.45, 7) is 5.18. The summed E-state index contributed by atoms with van der Waals surface area (Å²) < 4.78 is 7.72. The smallest absolute Gasteiger partial charge is 0.317 e. The summed E-state index contributed by atoms with van der Waals surface area (Å²) in [6.07, 6.45) is 7.56. The number of carbonyl (C=O) groups excluding carboxylic acids is 2. The Hall–Kier alpha value is -2.13. The van der Waals surface area contributed by atoms with Gasteiger partial charge in [-0.3, -0.25) is 9.69 Å². The SMILES string of the molecule is CC(C)n1nccc1NC(=O)CN1C2CCC1CC1(C2)NC(=O)N[C@H]2OCCC[C@H]21. The van der Waals surface area contributed by atoms with E-state index >= 15 is 0 Å². The number of rotatable bonds is 4. The van der Waals surface area contributed by atoms with Crippen molar-refractivity contribution in [3.8, 4) is 0 Å². The average Bonchev–Trinajstić information content (AvgIpc) is 3.24. The molecule has 4 saturated heterocycles. The first kappa shape index (κ1) is 19.8. The predicted molar refractivity (Wildman–Crippen MR) is 111 cm³/mol. The topological polar surface area (TPSA) is 101 Å². The standard InChI is InChI=1S/C21H32N6O3/c1-13(2)27-17(7-8-22-27)23-18(28)12-26-14-5-6-15(26)11-21(10-14)16-4-3-9-30-19(16)24-20(29)25-21/h7-8,13-16,19H,3-6,9-12H2,1-2H3,(H,23,28)(H2,24,25,29)/t14?,15?,16-,19+,21?/m1/s1. The van der Waals surface area contributed by atoms with Gasteiger partial charge in [-0.05, 0) is 52.4 Å². The van der Waals surface area contributed by atoms with Gasteiger partial charge in [-0.15, -0.1) is 0 Å². The fourth-order valence-electron chi connectivity index (χ4n) is 6.19. The first-order valence-electron chi connectivity index (χ1n) is 11.2. The molecule has 2 bridgehead atoms. The van der Waals surface area contributed by atoms with Gasteiger partial charge in [0, 0.05) is 36.7 Å². The molecule has 0 aromatic carbocycles. The lowest BCUT2D eigenvalue weighted by Gasteiger charge is -2.55. The molecule has 30 heavy (non-hydrogen) atoms. The Labute approximate surface area is 176 Å². The summed E-state index contributed by atoms with van der Waals surface area (Å²) in [4.78, 5) is 27.5. The van der Waals surface area contributed by atoms with E-state index in [-0.39, 0.29) is 29.7 Å². The van der Waals surface area contributed by atoms with Crippen LogP contribution in [0.3, 0.4) is 0 Å². The monoisotopic (exact) mass is 416 g/mol. The highest BCUT2D eigenvalue weighted by Gasteiger charge is 2.57. The van der Waals surface area contributed by atoms with Crippen LogP contribution < -0.4 is 16.0 Å². The highest BCUT2D eigenvalue weighted by molar-refractivity contribution is 5.91.